The predicted octanol–water partition coefficient (Wildman–Crippen LogP) is 1.82. The van der Waals surface area contributed by atoms with Gasteiger partial charge < -0.3 is 9.88 Å². The fourth-order valence-corrected chi connectivity index (χ4v) is 2.64. The van der Waals surface area contributed by atoms with Gasteiger partial charge in [-0.3, -0.25) is 9.78 Å². The fraction of sp³-hybridized carbons (Fsp3) is 0.429. The molecule has 0 aliphatic carbocycles. The number of amides is 1. The third kappa shape index (κ3) is 4.29. The van der Waals surface area contributed by atoms with E-state index in [0.29, 0.717) is 5.75 Å². The summed E-state index contributed by atoms with van der Waals surface area (Å²) in [5.41, 5.74) is 1.02. The van der Waals surface area contributed by atoms with Gasteiger partial charge in [0, 0.05) is 19.4 Å². The van der Waals surface area contributed by atoms with Crippen LogP contribution in [-0.4, -0.2) is 31.4 Å². The van der Waals surface area contributed by atoms with Crippen LogP contribution in [0, 0.1) is 5.92 Å². The first kappa shape index (κ1) is 15.5. The monoisotopic (exact) mass is 305 g/mol. The van der Waals surface area contributed by atoms with Crippen LogP contribution in [0.2, 0.25) is 0 Å². The van der Waals surface area contributed by atoms with E-state index in [0.717, 1.165) is 10.7 Å². The third-order valence-electron chi connectivity index (χ3n) is 3.03. The number of rotatable bonds is 6. The summed E-state index contributed by atoms with van der Waals surface area (Å²) in [6, 6.07) is 3.82. The number of hydrogen-bond donors (Lipinski definition) is 1. The standard InChI is InChI=1S/C14H19N5OS/c1-10(2)13(11-5-4-6-15-7-11)17-12(20)8-21-14-18-16-9-19(14)3/h4-7,9-10,13H,8H2,1-3H3,(H,17,20)/t13-/m0/s1. The lowest BCUT2D eigenvalue weighted by Gasteiger charge is -2.22. The first-order valence-electron chi connectivity index (χ1n) is 6.74. The van der Waals surface area contributed by atoms with Crippen molar-refractivity contribution in [2.75, 3.05) is 5.75 Å². The minimum Gasteiger partial charge on any atom is -0.348 e. The van der Waals surface area contributed by atoms with Gasteiger partial charge in [0.25, 0.3) is 0 Å². The number of nitrogens with one attached hydrogen (secondary N) is 1. The van der Waals surface area contributed by atoms with Crippen LogP contribution in [0.15, 0.2) is 36.0 Å². The van der Waals surface area contributed by atoms with Gasteiger partial charge in [0.1, 0.15) is 6.33 Å². The maximum atomic E-state index is 12.1. The van der Waals surface area contributed by atoms with E-state index in [1.54, 1.807) is 23.3 Å². The molecule has 6 nitrogen and oxygen atoms in total. The van der Waals surface area contributed by atoms with E-state index in [2.05, 4.69) is 34.3 Å². The average Bonchev–Trinajstić information content (AvgIpc) is 2.88. The maximum absolute atomic E-state index is 12.1. The van der Waals surface area contributed by atoms with E-state index in [4.69, 9.17) is 0 Å². The van der Waals surface area contributed by atoms with E-state index >= 15 is 0 Å². The lowest BCUT2D eigenvalue weighted by molar-refractivity contribution is -0.119. The Hall–Kier alpha value is -1.89. The number of hydrogen-bond acceptors (Lipinski definition) is 5. The van der Waals surface area contributed by atoms with Crippen LogP contribution in [0.1, 0.15) is 25.5 Å². The molecule has 2 heterocycles. The average molecular weight is 305 g/mol. The number of carbonyl (C=O) groups excluding carboxylic acids is 1. The Morgan fingerprint density at radius 2 is 2.29 bits per heavy atom. The van der Waals surface area contributed by atoms with Crippen molar-refractivity contribution in [2.24, 2.45) is 13.0 Å². The molecule has 0 saturated heterocycles. The first-order chi connectivity index (χ1) is 10.1. The van der Waals surface area contributed by atoms with Gasteiger partial charge in [0.15, 0.2) is 5.16 Å². The topological polar surface area (TPSA) is 72.7 Å². The molecule has 112 valence electrons. The molecule has 7 heteroatoms. The number of carbonyl (C=O) groups is 1. The second-order valence-corrected chi connectivity index (χ2v) is 6.03. The van der Waals surface area contributed by atoms with Gasteiger partial charge in [0.05, 0.1) is 11.8 Å². The molecule has 1 N–H and O–H groups in total. The SMILES string of the molecule is CC(C)[C@H](NC(=O)CSc1nncn1C)c1cccnc1. The molecule has 0 spiro atoms. The summed E-state index contributed by atoms with van der Waals surface area (Å²) in [6.45, 7) is 4.15. The van der Waals surface area contributed by atoms with Gasteiger partial charge in [-0.1, -0.05) is 31.7 Å². The Balaban J connectivity index is 1.94. The summed E-state index contributed by atoms with van der Waals surface area (Å²) in [5.74, 6) is 0.583. The van der Waals surface area contributed by atoms with Gasteiger partial charge in [0.2, 0.25) is 5.91 Å². The second-order valence-electron chi connectivity index (χ2n) is 5.09. The lowest BCUT2D eigenvalue weighted by Crippen LogP contribution is -2.33. The Bertz CT molecular complexity index is 584. The van der Waals surface area contributed by atoms with Gasteiger partial charge >= 0.3 is 0 Å². The van der Waals surface area contributed by atoms with Crippen molar-refractivity contribution in [3.63, 3.8) is 0 Å². The number of aryl methyl sites for hydroxylation is 1. The van der Waals surface area contributed by atoms with Crippen molar-refractivity contribution < 1.29 is 4.79 Å². The largest absolute Gasteiger partial charge is 0.348 e. The van der Waals surface area contributed by atoms with Crippen LogP contribution >= 0.6 is 11.8 Å². The van der Waals surface area contributed by atoms with Gasteiger partial charge in [-0.25, -0.2) is 0 Å². The zero-order valence-corrected chi connectivity index (χ0v) is 13.2. The zero-order valence-electron chi connectivity index (χ0n) is 12.4. The molecule has 0 radical (unpaired) electrons. The quantitative estimate of drug-likeness (QED) is 0.824. The van der Waals surface area contributed by atoms with E-state index in [9.17, 15) is 4.79 Å². The molecular weight excluding hydrogens is 286 g/mol. The van der Waals surface area contributed by atoms with Crippen LogP contribution in [0.25, 0.3) is 0 Å². The maximum Gasteiger partial charge on any atom is 0.230 e. The number of nitrogens with zero attached hydrogens (tertiary/aromatic N) is 4. The molecule has 2 rings (SSSR count). The summed E-state index contributed by atoms with van der Waals surface area (Å²) in [7, 11) is 1.85. The Morgan fingerprint density at radius 1 is 1.48 bits per heavy atom. The van der Waals surface area contributed by atoms with Gasteiger partial charge in [-0.05, 0) is 17.5 Å². The van der Waals surface area contributed by atoms with Crippen LogP contribution < -0.4 is 5.32 Å². The van der Waals surface area contributed by atoms with Crippen molar-refractivity contribution in [1.29, 1.82) is 0 Å². The molecule has 0 bridgehead atoms. The third-order valence-corrected chi connectivity index (χ3v) is 4.06. The number of pyridine rings is 1. The molecule has 0 aromatic carbocycles. The highest BCUT2D eigenvalue weighted by Gasteiger charge is 2.18. The molecule has 0 fully saturated rings. The van der Waals surface area contributed by atoms with Crippen LogP contribution in [0.3, 0.4) is 0 Å². The number of aromatic nitrogens is 4. The van der Waals surface area contributed by atoms with E-state index in [1.165, 1.54) is 11.8 Å². The van der Waals surface area contributed by atoms with Crippen molar-refractivity contribution in [2.45, 2.75) is 25.0 Å². The van der Waals surface area contributed by atoms with E-state index in [1.807, 2.05) is 19.2 Å². The van der Waals surface area contributed by atoms with E-state index in [-0.39, 0.29) is 17.9 Å². The highest BCUT2D eigenvalue weighted by atomic mass is 32.2. The summed E-state index contributed by atoms with van der Waals surface area (Å²) >= 11 is 1.37. The van der Waals surface area contributed by atoms with Crippen LogP contribution in [-0.2, 0) is 11.8 Å². The molecule has 2 aromatic heterocycles. The minimum absolute atomic E-state index is 0.0226. The molecule has 0 aliphatic heterocycles. The summed E-state index contributed by atoms with van der Waals surface area (Å²) in [4.78, 5) is 16.2. The van der Waals surface area contributed by atoms with Crippen LogP contribution in [0.4, 0.5) is 0 Å². The molecule has 1 atom stereocenters. The summed E-state index contributed by atoms with van der Waals surface area (Å²) in [6.07, 6.45) is 5.14. The molecule has 0 unspecified atom stereocenters. The molecular formula is C14H19N5OS. The molecule has 0 aliphatic rings. The molecule has 21 heavy (non-hydrogen) atoms. The van der Waals surface area contributed by atoms with Crippen molar-refractivity contribution in [1.82, 2.24) is 25.1 Å². The Morgan fingerprint density at radius 3 is 2.86 bits per heavy atom. The minimum atomic E-state index is -0.0358. The van der Waals surface area contributed by atoms with E-state index < -0.39 is 0 Å². The Kier molecular flexibility index (Phi) is 5.32. The summed E-state index contributed by atoms with van der Waals surface area (Å²) < 4.78 is 1.79. The van der Waals surface area contributed by atoms with Gasteiger partial charge in [-0.15, -0.1) is 10.2 Å². The molecule has 0 saturated carbocycles. The van der Waals surface area contributed by atoms with Crippen molar-refractivity contribution in [3.8, 4) is 0 Å². The predicted molar refractivity (Wildman–Crippen MR) is 81.7 cm³/mol. The highest BCUT2D eigenvalue weighted by Crippen LogP contribution is 2.21. The van der Waals surface area contributed by atoms with Gasteiger partial charge in [-0.2, -0.15) is 0 Å². The summed E-state index contributed by atoms with van der Waals surface area (Å²) in [5, 5.41) is 11.5. The smallest absolute Gasteiger partial charge is 0.230 e. The highest BCUT2D eigenvalue weighted by molar-refractivity contribution is 7.99. The number of thioether (sulfide) groups is 1. The fourth-order valence-electron chi connectivity index (χ4n) is 1.94. The normalized spacial score (nSPS) is 12.4. The first-order valence-corrected chi connectivity index (χ1v) is 7.72. The lowest BCUT2D eigenvalue weighted by atomic mass is 9.97. The zero-order chi connectivity index (χ0) is 15.2. The second kappa shape index (κ2) is 7.21. The van der Waals surface area contributed by atoms with Crippen molar-refractivity contribution >= 4 is 17.7 Å². The van der Waals surface area contributed by atoms with Crippen molar-refractivity contribution in [3.05, 3.63) is 36.4 Å². The molecule has 2 aromatic rings. The van der Waals surface area contributed by atoms with Crippen LogP contribution in [0.5, 0.6) is 0 Å². The molecule has 1 amide bonds. The Labute approximate surface area is 128 Å².